The molecule has 0 saturated heterocycles. The molecule has 19 heavy (non-hydrogen) atoms. The zero-order valence-corrected chi connectivity index (χ0v) is 10.9. The van der Waals surface area contributed by atoms with Crippen molar-refractivity contribution in [1.29, 1.82) is 0 Å². The summed E-state index contributed by atoms with van der Waals surface area (Å²) in [5.74, 6) is -0.347. The molecular weight excluding hydrogens is 251 g/mol. The predicted octanol–water partition coefficient (Wildman–Crippen LogP) is 1.71. The molecule has 104 valence electrons. The summed E-state index contributed by atoms with van der Waals surface area (Å²) in [6, 6.07) is 5.85. The van der Waals surface area contributed by atoms with E-state index in [0.29, 0.717) is 5.56 Å². The Balaban J connectivity index is 2.36. The van der Waals surface area contributed by atoms with Crippen molar-refractivity contribution < 1.29 is 18.7 Å². The van der Waals surface area contributed by atoms with Gasteiger partial charge in [-0.05, 0) is 12.1 Å². The third kappa shape index (κ3) is 5.50. The first-order valence-electron chi connectivity index (χ1n) is 5.68. The minimum atomic E-state index is -0.499. The van der Waals surface area contributed by atoms with Gasteiger partial charge in [-0.2, -0.15) is 0 Å². The van der Waals surface area contributed by atoms with Crippen LogP contribution in [-0.4, -0.2) is 33.1 Å². The van der Waals surface area contributed by atoms with E-state index in [1.807, 2.05) is 0 Å². The second-order valence-electron chi connectivity index (χ2n) is 3.61. The second kappa shape index (κ2) is 8.23. The fourth-order valence-corrected chi connectivity index (χ4v) is 1.31. The van der Waals surface area contributed by atoms with E-state index in [0.717, 1.165) is 0 Å². The van der Waals surface area contributed by atoms with Crippen molar-refractivity contribution in [1.82, 2.24) is 10.6 Å². The van der Waals surface area contributed by atoms with Gasteiger partial charge in [-0.1, -0.05) is 18.2 Å². The van der Waals surface area contributed by atoms with E-state index in [2.05, 4.69) is 10.6 Å². The third-order valence-corrected chi connectivity index (χ3v) is 2.34. The lowest BCUT2D eigenvalue weighted by Gasteiger charge is -2.13. The Hall–Kier alpha value is -1.92. The Kier molecular flexibility index (Phi) is 6.56. The number of amides is 2. The molecule has 1 rings (SSSR count). The van der Waals surface area contributed by atoms with Crippen LogP contribution in [0.2, 0.25) is 0 Å². The van der Waals surface area contributed by atoms with Crippen molar-refractivity contribution in [2.75, 3.05) is 20.8 Å². The first-order chi connectivity index (χ1) is 9.17. The summed E-state index contributed by atoms with van der Waals surface area (Å²) in [5, 5.41) is 4.99. The number of carbonyl (C=O) groups is 1. The van der Waals surface area contributed by atoms with E-state index in [4.69, 9.17) is 9.47 Å². The summed E-state index contributed by atoms with van der Waals surface area (Å²) in [7, 11) is 2.96. The maximum Gasteiger partial charge on any atom is 0.318 e. The average molecular weight is 268 g/mol. The fourth-order valence-electron chi connectivity index (χ4n) is 1.31. The highest BCUT2D eigenvalue weighted by molar-refractivity contribution is 5.75. The van der Waals surface area contributed by atoms with Crippen molar-refractivity contribution in [3.05, 3.63) is 41.8 Å². The zero-order valence-electron chi connectivity index (χ0n) is 10.9. The summed E-state index contributed by atoms with van der Waals surface area (Å²) in [5.41, 5.74) is 0.398. The number of rotatable bonds is 6. The molecule has 2 amide bonds. The van der Waals surface area contributed by atoms with Crippen molar-refractivity contribution in [2.24, 2.45) is 0 Å². The summed E-state index contributed by atoms with van der Waals surface area (Å²) >= 11 is 0. The molecule has 0 saturated carbocycles. The van der Waals surface area contributed by atoms with E-state index in [1.165, 1.54) is 32.6 Å². The molecule has 1 aromatic rings. The van der Waals surface area contributed by atoms with Crippen molar-refractivity contribution >= 4 is 12.1 Å². The molecule has 2 N–H and O–H groups in total. The van der Waals surface area contributed by atoms with Crippen LogP contribution < -0.4 is 10.6 Å². The lowest BCUT2D eigenvalue weighted by atomic mass is 10.2. The van der Waals surface area contributed by atoms with Gasteiger partial charge in [-0.25, -0.2) is 9.18 Å². The van der Waals surface area contributed by atoms with Crippen molar-refractivity contribution in [2.45, 2.75) is 6.29 Å². The average Bonchev–Trinajstić information content (AvgIpc) is 2.42. The van der Waals surface area contributed by atoms with Crippen LogP contribution >= 0.6 is 0 Å². The molecule has 0 fully saturated rings. The van der Waals surface area contributed by atoms with Gasteiger partial charge in [-0.3, -0.25) is 0 Å². The number of nitrogens with one attached hydrogen (secondary N) is 2. The summed E-state index contributed by atoms with van der Waals surface area (Å²) in [6.07, 6.45) is 2.34. The van der Waals surface area contributed by atoms with Crippen LogP contribution in [0.15, 0.2) is 30.5 Å². The topological polar surface area (TPSA) is 59.6 Å². The molecule has 0 atom stereocenters. The first-order valence-corrected chi connectivity index (χ1v) is 5.68. The SMILES string of the molecule is COC(CNC(=O)N/C=C/c1ccccc1F)OC. The van der Waals surface area contributed by atoms with Crippen LogP contribution in [0.3, 0.4) is 0 Å². The van der Waals surface area contributed by atoms with Crippen molar-refractivity contribution in [3.63, 3.8) is 0 Å². The molecule has 0 heterocycles. The number of hydrogen-bond acceptors (Lipinski definition) is 3. The van der Waals surface area contributed by atoms with E-state index in [1.54, 1.807) is 18.2 Å². The van der Waals surface area contributed by atoms with Gasteiger partial charge < -0.3 is 20.1 Å². The van der Waals surface area contributed by atoms with Crippen LogP contribution in [0.1, 0.15) is 5.56 Å². The summed E-state index contributed by atoms with van der Waals surface area (Å²) in [4.78, 5) is 11.4. The highest BCUT2D eigenvalue weighted by Gasteiger charge is 2.06. The van der Waals surface area contributed by atoms with Crippen LogP contribution in [0.4, 0.5) is 9.18 Å². The Bertz CT molecular complexity index is 434. The molecule has 0 aliphatic rings. The van der Waals surface area contributed by atoms with Crippen LogP contribution in [-0.2, 0) is 9.47 Å². The first kappa shape index (κ1) is 15.1. The molecule has 0 bridgehead atoms. The quantitative estimate of drug-likeness (QED) is 0.772. The van der Waals surface area contributed by atoms with Gasteiger partial charge in [0.2, 0.25) is 0 Å². The van der Waals surface area contributed by atoms with Crippen LogP contribution in [0, 0.1) is 5.82 Å². The molecule has 0 aliphatic carbocycles. The Morgan fingerprint density at radius 2 is 2.05 bits per heavy atom. The predicted molar refractivity (Wildman–Crippen MR) is 69.8 cm³/mol. The molecule has 0 spiro atoms. The Morgan fingerprint density at radius 1 is 1.37 bits per heavy atom. The van der Waals surface area contributed by atoms with Gasteiger partial charge in [-0.15, -0.1) is 0 Å². The highest BCUT2D eigenvalue weighted by atomic mass is 19.1. The standard InChI is InChI=1S/C13H17FN2O3/c1-18-12(19-2)9-16-13(17)15-8-7-10-5-3-4-6-11(10)14/h3-8,12H,9H2,1-2H3,(H2,15,16,17)/b8-7+. The Labute approximate surface area is 111 Å². The molecule has 0 aliphatic heterocycles. The van der Waals surface area contributed by atoms with Gasteiger partial charge >= 0.3 is 6.03 Å². The van der Waals surface area contributed by atoms with Gasteiger partial charge in [0.1, 0.15) is 5.82 Å². The van der Waals surface area contributed by atoms with E-state index < -0.39 is 12.3 Å². The number of hydrogen-bond donors (Lipinski definition) is 2. The zero-order chi connectivity index (χ0) is 14.1. The molecule has 1 aromatic carbocycles. The molecule has 5 nitrogen and oxygen atoms in total. The maximum atomic E-state index is 13.2. The summed E-state index contributed by atoms with van der Waals surface area (Å²) < 4.78 is 23.1. The molecule has 0 aromatic heterocycles. The van der Waals surface area contributed by atoms with Gasteiger partial charge in [0.15, 0.2) is 6.29 Å². The van der Waals surface area contributed by atoms with Gasteiger partial charge in [0.05, 0.1) is 6.54 Å². The largest absolute Gasteiger partial charge is 0.354 e. The molecule has 6 heteroatoms. The number of methoxy groups -OCH3 is 2. The number of halogens is 1. The normalized spacial score (nSPS) is 10.9. The molecule has 0 radical (unpaired) electrons. The smallest absolute Gasteiger partial charge is 0.318 e. The Morgan fingerprint density at radius 3 is 2.68 bits per heavy atom. The van der Waals surface area contributed by atoms with E-state index in [9.17, 15) is 9.18 Å². The second-order valence-corrected chi connectivity index (χ2v) is 3.61. The number of benzene rings is 1. The molecular formula is C13H17FN2O3. The lowest BCUT2D eigenvalue weighted by molar-refractivity contribution is -0.0971. The maximum absolute atomic E-state index is 13.2. The molecule has 0 unspecified atom stereocenters. The van der Waals surface area contributed by atoms with E-state index >= 15 is 0 Å². The number of carbonyl (C=O) groups excluding carboxylic acids is 1. The lowest BCUT2D eigenvalue weighted by Crippen LogP contribution is -2.38. The third-order valence-electron chi connectivity index (χ3n) is 2.34. The van der Waals surface area contributed by atoms with Crippen LogP contribution in [0.25, 0.3) is 6.08 Å². The van der Waals surface area contributed by atoms with Gasteiger partial charge in [0, 0.05) is 26.0 Å². The number of urea groups is 1. The highest BCUT2D eigenvalue weighted by Crippen LogP contribution is 2.07. The van der Waals surface area contributed by atoms with Crippen molar-refractivity contribution in [3.8, 4) is 0 Å². The number of ether oxygens (including phenoxy) is 2. The van der Waals surface area contributed by atoms with E-state index in [-0.39, 0.29) is 12.4 Å². The van der Waals surface area contributed by atoms with Gasteiger partial charge in [0.25, 0.3) is 0 Å². The van der Waals surface area contributed by atoms with Crippen LogP contribution in [0.5, 0.6) is 0 Å². The minimum absolute atomic E-state index is 0.215. The fraction of sp³-hybridized carbons (Fsp3) is 0.308. The summed E-state index contributed by atoms with van der Waals surface area (Å²) in [6.45, 7) is 0.215. The minimum Gasteiger partial charge on any atom is -0.354 e. The monoisotopic (exact) mass is 268 g/mol.